The van der Waals surface area contributed by atoms with E-state index in [9.17, 15) is 5.11 Å². The zero-order valence-electron chi connectivity index (χ0n) is 10.0. The monoisotopic (exact) mass is 224 g/mol. The van der Waals surface area contributed by atoms with Crippen LogP contribution in [0.25, 0.3) is 0 Å². The number of likely N-dealkylation sites (tertiary alicyclic amines) is 1. The molecule has 2 rings (SSSR count). The molecule has 0 amide bonds. The van der Waals surface area contributed by atoms with Crippen molar-refractivity contribution in [3.63, 3.8) is 0 Å². The lowest BCUT2D eigenvalue weighted by molar-refractivity contribution is 0.0412. The second kappa shape index (κ2) is 4.97. The van der Waals surface area contributed by atoms with Crippen LogP contribution in [-0.4, -0.2) is 34.2 Å². The van der Waals surface area contributed by atoms with Gasteiger partial charge in [0.05, 0.1) is 19.3 Å². The minimum absolute atomic E-state index is 0.223. The van der Waals surface area contributed by atoms with E-state index in [2.05, 4.69) is 16.8 Å². The third kappa shape index (κ3) is 2.44. The summed E-state index contributed by atoms with van der Waals surface area (Å²) < 4.78 is 5.48. The highest BCUT2D eigenvalue weighted by Crippen LogP contribution is 2.24. The lowest BCUT2D eigenvalue weighted by atomic mass is 9.91. The Morgan fingerprint density at radius 2 is 2.44 bits per heavy atom. The first kappa shape index (κ1) is 11.6. The van der Waals surface area contributed by atoms with Gasteiger partial charge in [0, 0.05) is 6.04 Å². The molecular weight excluding hydrogens is 204 g/mol. The molecule has 4 nitrogen and oxygen atoms in total. The molecule has 1 aromatic rings. The number of hydrogen-bond donors (Lipinski definition) is 1. The van der Waals surface area contributed by atoms with Crippen LogP contribution in [0, 0.1) is 12.8 Å². The summed E-state index contributed by atoms with van der Waals surface area (Å²) in [5.41, 5.74) is 0. The Balaban J connectivity index is 2.02. The minimum atomic E-state index is 0.223. The van der Waals surface area contributed by atoms with E-state index in [0.717, 1.165) is 18.2 Å². The van der Waals surface area contributed by atoms with E-state index in [1.165, 1.54) is 12.8 Å². The van der Waals surface area contributed by atoms with Crippen LogP contribution >= 0.6 is 0 Å². The van der Waals surface area contributed by atoms with Crippen molar-refractivity contribution in [2.24, 2.45) is 5.92 Å². The first-order valence-corrected chi connectivity index (χ1v) is 5.97. The van der Waals surface area contributed by atoms with Gasteiger partial charge in [-0.25, -0.2) is 4.98 Å². The molecule has 4 heteroatoms. The van der Waals surface area contributed by atoms with Crippen molar-refractivity contribution >= 4 is 0 Å². The summed E-state index contributed by atoms with van der Waals surface area (Å²) in [5, 5.41) is 9.42. The molecule has 2 atom stereocenters. The van der Waals surface area contributed by atoms with Crippen molar-refractivity contribution in [1.82, 2.24) is 9.88 Å². The first-order valence-electron chi connectivity index (χ1n) is 5.97. The zero-order chi connectivity index (χ0) is 11.5. The topological polar surface area (TPSA) is 49.5 Å². The van der Waals surface area contributed by atoms with Crippen LogP contribution in [-0.2, 0) is 6.54 Å². The maximum absolute atomic E-state index is 9.42. The molecule has 0 saturated carbocycles. The molecule has 1 saturated heterocycles. The summed E-state index contributed by atoms with van der Waals surface area (Å²) in [6.07, 6.45) is 4.14. The molecule has 0 aromatic carbocycles. The van der Waals surface area contributed by atoms with Gasteiger partial charge in [-0.2, -0.15) is 0 Å². The standard InChI is InChI=1S/C12H20N2O2/c1-9-4-3-5-14(11(9)8-15)7-12-13-6-10(2)16-12/h6,9,11,15H,3-5,7-8H2,1-2H3. The van der Waals surface area contributed by atoms with Crippen LogP contribution in [0.4, 0.5) is 0 Å². The molecule has 0 radical (unpaired) electrons. The van der Waals surface area contributed by atoms with Gasteiger partial charge in [0.2, 0.25) is 5.89 Å². The number of piperidine rings is 1. The molecule has 0 bridgehead atoms. The summed E-state index contributed by atoms with van der Waals surface area (Å²) in [5.74, 6) is 2.15. The second-order valence-corrected chi connectivity index (χ2v) is 4.70. The molecular formula is C12H20N2O2. The molecule has 0 aliphatic carbocycles. The summed E-state index contributed by atoms with van der Waals surface area (Å²) in [7, 11) is 0. The Bertz CT molecular complexity index is 338. The predicted octanol–water partition coefficient (Wildman–Crippen LogP) is 1.58. The van der Waals surface area contributed by atoms with Crippen LogP contribution in [0.1, 0.15) is 31.4 Å². The number of aliphatic hydroxyl groups excluding tert-OH is 1. The van der Waals surface area contributed by atoms with Gasteiger partial charge in [0.25, 0.3) is 0 Å². The molecule has 0 spiro atoms. The van der Waals surface area contributed by atoms with Gasteiger partial charge in [-0.3, -0.25) is 4.90 Å². The normalized spacial score (nSPS) is 27.2. The fourth-order valence-electron chi connectivity index (χ4n) is 2.47. The Labute approximate surface area is 96.3 Å². The Morgan fingerprint density at radius 3 is 3.06 bits per heavy atom. The van der Waals surface area contributed by atoms with Gasteiger partial charge in [-0.1, -0.05) is 6.92 Å². The molecule has 1 N–H and O–H groups in total. The van der Waals surface area contributed by atoms with E-state index in [1.807, 2.05) is 6.92 Å². The van der Waals surface area contributed by atoms with Crippen molar-refractivity contribution in [1.29, 1.82) is 0 Å². The van der Waals surface area contributed by atoms with E-state index >= 15 is 0 Å². The van der Waals surface area contributed by atoms with Gasteiger partial charge < -0.3 is 9.52 Å². The van der Waals surface area contributed by atoms with E-state index in [-0.39, 0.29) is 12.6 Å². The number of aromatic nitrogens is 1. The quantitative estimate of drug-likeness (QED) is 0.846. The van der Waals surface area contributed by atoms with Crippen molar-refractivity contribution in [3.8, 4) is 0 Å². The summed E-state index contributed by atoms with van der Waals surface area (Å²) >= 11 is 0. The fraction of sp³-hybridized carbons (Fsp3) is 0.750. The van der Waals surface area contributed by atoms with E-state index in [1.54, 1.807) is 6.20 Å². The zero-order valence-corrected chi connectivity index (χ0v) is 10.0. The van der Waals surface area contributed by atoms with Crippen LogP contribution in [0.3, 0.4) is 0 Å². The largest absolute Gasteiger partial charge is 0.445 e. The Kier molecular flexibility index (Phi) is 3.61. The van der Waals surface area contributed by atoms with Gasteiger partial charge in [-0.15, -0.1) is 0 Å². The van der Waals surface area contributed by atoms with Crippen molar-refractivity contribution in [3.05, 3.63) is 17.8 Å². The van der Waals surface area contributed by atoms with Gasteiger partial charge in [-0.05, 0) is 32.2 Å². The lowest BCUT2D eigenvalue weighted by Gasteiger charge is -2.38. The van der Waals surface area contributed by atoms with E-state index < -0.39 is 0 Å². The number of nitrogens with zero attached hydrogens (tertiary/aromatic N) is 2. The molecule has 1 aromatic heterocycles. The fourth-order valence-corrected chi connectivity index (χ4v) is 2.47. The van der Waals surface area contributed by atoms with Crippen LogP contribution in [0.2, 0.25) is 0 Å². The maximum atomic E-state index is 9.42. The number of rotatable bonds is 3. The third-order valence-electron chi connectivity index (χ3n) is 3.43. The second-order valence-electron chi connectivity index (χ2n) is 4.70. The average Bonchev–Trinajstić information content (AvgIpc) is 2.64. The number of aliphatic hydroxyl groups is 1. The van der Waals surface area contributed by atoms with Crippen LogP contribution in [0.5, 0.6) is 0 Å². The Hall–Kier alpha value is -0.870. The van der Waals surface area contributed by atoms with E-state index in [0.29, 0.717) is 12.5 Å². The lowest BCUT2D eigenvalue weighted by Crippen LogP contribution is -2.46. The minimum Gasteiger partial charge on any atom is -0.445 e. The van der Waals surface area contributed by atoms with Gasteiger partial charge in [0.15, 0.2) is 0 Å². The molecule has 90 valence electrons. The van der Waals surface area contributed by atoms with Gasteiger partial charge in [0.1, 0.15) is 5.76 Å². The highest BCUT2D eigenvalue weighted by atomic mass is 16.4. The van der Waals surface area contributed by atoms with Crippen LogP contribution < -0.4 is 0 Å². The number of hydrogen-bond acceptors (Lipinski definition) is 4. The SMILES string of the molecule is Cc1cnc(CN2CCCC(C)C2CO)o1. The summed E-state index contributed by atoms with van der Waals surface area (Å²) in [4.78, 5) is 6.49. The predicted molar refractivity (Wildman–Crippen MR) is 60.9 cm³/mol. The molecule has 1 fully saturated rings. The summed E-state index contributed by atoms with van der Waals surface area (Å²) in [6, 6.07) is 0.251. The molecule has 2 heterocycles. The van der Waals surface area contributed by atoms with Crippen molar-refractivity contribution in [2.45, 2.75) is 39.3 Å². The third-order valence-corrected chi connectivity index (χ3v) is 3.43. The van der Waals surface area contributed by atoms with Crippen LogP contribution in [0.15, 0.2) is 10.6 Å². The number of oxazole rings is 1. The molecule has 1 aliphatic heterocycles. The molecule has 16 heavy (non-hydrogen) atoms. The first-order chi connectivity index (χ1) is 7.70. The van der Waals surface area contributed by atoms with Gasteiger partial charge >= 0.3 is 0 Å². The average molecular weight is 224 g/mol. The smallest absolute Gasteiger partial charge is 0.208 e. The summed E-state index contributed by atoms with van der Waals surface area (Å²) in [6.45, 7) is 6.06. The highest BCUT2D eigenvalue weighted by Gasteiger charge is 2.28. The number of aryl methyl sites for hydroxylation is 1. The molecule has 1 aliphatic rings. The molecule has 2 unspecified atom stereocenters. The van der Waals surface area contributed by atoms with E-state index in [4.69, 9.17) is 4.42 Å². The van der Waals surface area contributed by atoms with Crippen molar-refractivity contribution < 1.29 is 9.52 Å². The van der Waals surface area contributed by atoms with Crippen molar-refractivity contribution in [2.75, 3.05) is 13.2 Å². The highest BCUT2D eigenvalue weighted by molar-refractivity contribution is 4.92. The Morgan fingerprint density at radius 1 is 1.62 bits per heavy atom. The maximum Gasteiger partial charge on any atom is 0.208 e.